The number of para-hydroxylation sites is 1. The number of rotatable bonds is 4. The molecule has 3 heterocycles. The molecule has 174 valence electrons. The summed E-state index contributed by atoms with van der Waals surface area (Å²) in [5.74, 6) is 0.777. The summed E-state index contributed by atoms with van der Waals surface area (Å²) >= 11 is 0. The highest BCUT2D eigenvalue weighted by Gasteiger charge is 2.28. The van der Waals surface area contributed by atoms with E-state index in [0.717, 1.165) is 47.4 Å². The second-order valence-electron chi connectivity index (χ2n) is 8.87. The molecule has 34 heavy (non-hydrogen) atoms. The van der Waals surface area contributed by atoms with Gasteiger partial charge in [-0.05, 0) is 30.3 Å². The number of ether oxygens (including phenoxy) is 1. The summed E-state index contributed by atoms with van der Waals surface area (Å²) in [6, 6.07) is 17.5. The van der Waals surface area contributed by atoms with E-state index in [4.69, 9.17) is 4.74 Å². The topological polar surface area (TPSA) is 81.8 Å². The Morgan fingerprint density at radius 1 is 0.941 bits per heavy atom. The summed E-state index contributed by atoms with van der Waals surface area (Å²) in [5.41, 5.74) is 2.35. The van der Waals surface area contributed by atoms with Gasteiger partial charge in [-0.3, -0.25) is 9.69 Å². The number of hydrogen-bond acceptors (Lipinski definition) is 5. The molecule has 2 fully saturated rings. The Balaban J connectivity index is 1.29. The number of fused-ring (bicyclic) bond motifs is 1. The first kappa shape index (κ1) is 21.8. The maximum absolute atomic E-state index is 12.8. The predicted molar refractivity (Wildman–Crippen MR) is 132 cm³/mol. The number of carbonyl (C=O) groups is 1. The fourth-order valence-corrected chi connectivity index (χ4v) is 4.89. The SMILES string of the molecule is CN1CCN(c2ccc(OC3CCN(c4c(C#N)c(=O)n(C)c5ccccc45)CC3)cc2)C1=O. The van der Waals surface area contributed by atoms with Gasteiger partial charge in [0.1, 0.15) is 23.5 Å². The van der Waals surface area contributed by atoms with Gasteiger partial charge in [-0.2, -0.15) is 5.26 Å². The zero-order valence-corrected chi connectivity index (χ0v) is 19.4. The minimum absolute atomic E-state index is 0.0149. The third kappa shape index (κ3) is 3.73. The lowest BCUT2D eigenvalue weighted by Crippen LogP contribution is -2.40. The number of nitrogens with zero attached hydrogens (tertiary/aromatic N) is 5. The van der Waals surface area contributed by atoms with Crippen LogP contribution in [0.5, 0.6) is 5.75 Å². The van der Waals surface area contributed by atoms with Crippen molar-refractivity contribution in [3.63, 3.8) is 0 Å². The van der Waals surface area contributed by atoms with E-state index < -0.39 is 0 Å². The van der Waals surface area contributed by atoms with Crippen LogP contribution >= 0.6 is 0 Å². The Morgan fingerprint density at radius 2 is 1.65 bits per heavy atom. The van der Waals surface area contributed by atoms with Crippen LogP contribution in [0.3, 0.4) is 0 Å². The summed E-state index contributed by atoms with van der Waals surface area (Å²) < 4.78 is 7.77. The molecule has 5 rings (SSSR count). The number of carbonyl (C=O) groups excluding carboxylic acids is 1. The number of urea groups is 1. The van der Waals surface area contributed by atoms with E-state index in [2.05, 4.69) is 11.0 Å². The highest BCUT2D eigenvalue weighted by atomic mass is 16.5. The van der Waals surface area contributed by atoms with Crippen molar-refractivity contribution in [2.75, 3.05) is 43.0 Å². The van der Waals surface area contributed by atoms with Crippen molar-refractivity contribution in [2.24, 2.45) is 7.05 Å². The molecule has 2 aliphatic rings. The van der Waals surface area contributed by atoms with Crippen molar-refractivity contribution < 1.29 is 9.53 Å². The van der Waals surface area contributed by atoms with Crippen LogP contribution < -0.4 is 20.1 Å². The molecule has 8 nitrogen and oxygen atoms in total. The molecular formula is C26H27N5O3. The first-order valence-electron chi connectivity index (χ1n) is 11.5. The zero-order chi connectivity index (χ0) is 23.8. The number of amides is 2. The zero-order valence-electron chi connectivity index (χ0n) is 19.4. The van der Waals surface area contributed by atoms with Gasteiger partial charge >= 0.3 is 6.03 Å². The molecule has 0 aliphatic carbocycles. The van der Waals surface area contributed by atoms with Gasteiger partial charge in [-0.15, -0.1) is 0 Å². The Kier molecular flexibility index (Phi) is 5.62. The van der Waals surface area contributed by atoms with Crippen LogP contribution in [0.4, 0.5) is 16.2 Å². The molecule has 8 heteroatoms. The Labute approximate surface area is 198 Å². The van der Waals surface area contributed by atoms with E-state index in [-0.39, 0.29) is 23.3 Å². The molecule has 2 aliphatic heterocycles. The molecule has 0 bridgehead atoms. The van der Waals surface area contributed by atoms with Crippen LogP contribution in [-0.4, -0.2) is 54.8 Å². The number of hydrogen-bond donors (Lipinski definition) is 0. The summed E-state index contributed by atoms with van der Waals surface area (Å²) in [7, 11) is 3.51. The van der Waals surface area contributed by atoms with Crippen LogP contribution in [0.1, 0.15) is 18.4 Å². The fraction of sp³-hybridized carbons (Fsp3) is 0.346. The number of likely N-dealkylation sites (N-methyl/N-ethyl adjacent to an activating group) is 1. The van der Waals surface area contributed by atoms with Gasteiger partial charge in [0, 0.05) is 64.2 Å². The predicted octanol–water partition coefficient (Wildman–Crippen LogP) is 3.33. The lowest BCUT2D eigenvalue weighted by molar-refractivity contribution is 0.171. The minimum Gasteiger partial charge on any atom is -0.490 e. The summed E-state index contributed by atoms with van der Waals surface area (Å²) in [5, 5.41) is 10.7. The monoisotopic (exact) mass is 457 g/mol. The van der Waals surface area contributed by atoms with Crippen molar-refractivity contribution >= 4 is 28.3 Å². The largest absolute Gasteiger partial charge is 0.490 e. The Hall–Kier alpha value is -3.99. The molecule has 2 amide bonds. The van der Waals surface area contributed by atoms with Crippen LogP contribution in [0.2, 0.25) is 0 Å². The van der Waals surface area contributed by atoms with Gasteiger partial charge in [0.25, 0.3) is 5.56 Å². The first-order chi connectivity index (χ1) is 16.5. The number of nitriles is 1. The average Bonchev–Trinajstić information content (AvgIpc) is 3.20. The number of anilines is 2. The van der Waals surface area contributed by atoms with Crippen molar-refractivity contribution in [1.29, 1.82) is 5.26 Å². The summed E-state index contributed by atoms with van der Waals surface area (Å²) in [6.45, 7) is 2.81. The number of aryl methyl sites for hydroxylation is 1. The van der Waals surface area contributed by atoms with Gasteiger partial charge in [-0.1, -0.05) is 18.2 Å². The molecule has 0 N–H and O–H groups in total. The van der Waals surface area contributed by atoms with E-state index in [0.29, 0.717) is 19.6 Å². The molecule has 0 unspecified atom stereocenters. The highest BCUT2D eigenvalue weighted by molar-refractivity contribution is 5.95. The van der Waals surface area contributed by atoms with Gasteiger partial charge in [0.2, 0.25) is 0 Å². The molecule has 0 radical (unpaired) electrons. The molecule has 2 saturated heterocycles. The number of benzene rings is 2. The van der Waals surface area contributed by atoms with Crippen molar-refractivity contribution in [2.45, 2.75) is 18.9 Å². The maximum Gasteiger partial charge on any atom is 0.324 e. The molecule has 0 spiro atoms. The van der Waals surface area contributed by atoms with Crippen molar-refractivity contribution in [3.05, 3.63) is 64.4 Å². The van der Waals surface area contributed by atoms with Gasteiger partial charge < -0.3 is 19.1 Å². The molecule has 0 atom stereocenters. The van der Waals surface area contributed by atoms with Gasteiger partial charge in [-0.25, -0.2) is 4.79 Å². The second-order valence-corrected chi connectivity index (χ2v) is 8.87. The fourth-order valence-electron chi connectivity index (χ4n) is 4.89. The van der Waals surface area contributed by atoms with Crippen LogP contribution in [-0.2, 0) is 7.05 Å². The molecule has 1 aromatic heterocycles. The standard InChI is InChI=1S/C26H27N5O3/c1-28-15-16-31(26(28)33)18-7-9-19(10-8-18)34-20-11-13-30(14-12-20)24-21-5-3-4-6-23(21)29(2)25(32)22(24)17-27/h3-10,20H,11-16H2,1-2H3. The second kappa shape index (κ2) is 8.75. The van der Waals surface area contributed by atoms with Gasteiger partial charge in [0.05, 0.1) is 11.2 Å². The third-order valence-corrected chi connectivity index (χ3v) is 6.81. The quantitative estimate of drug-likeness (QED) is 0.600. The lowest BCUT2D eigenvalue weighted by atomic mass is 10.0. The Bertz CT molecular complexity index is 1330. The number of pyridine rings is 1. The van der Waals surface area contributed by atoms with E-state index in [1.807, 2.05) is 55.6 Å². The summed E-state index contributed by atoms with van der Waals surface area (Å²) in [4.78, 5) is 30.6. The number of piperidine rings is 1. The molecule has 3 aromatic rings. The van der Waals surface area contributed by atoms with Crippen molar-refractivity contribution in [3.8, 4) is 11.8 Å². The minimum atomic E-state index is -0.266. The van der Waals surface area contributed by atoms with Crippen LogP contribution in [0.15, 0.2) is 53.3 Å². The maximum atomic E-state index is 12.8. The molecule has 0 saturated carbocycles. The van der Waals surface area contributed by atoms with E-state index in [1.165, 1.54) is 0 Å². The van der Waals surface area contributed by atoms with Gasteiger partial charge in [0.15, 0.2) is 0 Å². The van der Waals surface area contributed by atoms with E-state index >= 15 is 0 Å². The molecular weight excluding hydrogens is 430 g/mol. The first-order valence-corrected chi connectivity index (χ1v) is 11.5. The van der Waals surface area contributed by atoms with Crippen LogP contribution in [0.25, 0.3) is 10.9 Å². The summed E-state index contributed by atoms with van der Waals surface area (Å²) in [6.07, 6.45) is 1.61. The lowest BCUT2D eigenvalue weighted by Gasteiger charge is -2.35. The van der Waals surface area contributed by atoms with E-state index in [9.17, 15) is 14.9 Å². The van der Waals surface area contributed by atoms with E-state index in [1.54, 1.807) is 21.4 Å². The smallest absolute Gasteiger partial charge is 0.324 e. The Morgan fingerprint density at radius 3 is 2.29 bits per heavy atom. The third-order valence-electron chi connectivity index (χ3n) is 6.81. The average molecular weight is 458 g/mol. The molecule has 2 aromatic carbocycles. The number of aromatic nitrogens is 1. The van der Waals surface area contributed by atoms with Crippen LogP contribution in [0, 0.1) is 11.3 Å². The normalized spacial score (nSPS) is 16.9. The highest BCUT2D eigenvalue weighted by Crippen LogP contribution is 2.32. The van der Waals surface area contributed by atoms with Crippen molar-refractivity contribution in [1.82, 2.24) is 9.47 Å².